The van der Waals surface area contributed by atoms with Crippen LogP contribution >= 0.6 is 0 Å². The molecule has 0 spiro atoms. The molecule has 0 bridgehead atoms. The molecule has 2 saturated heterocycles. The van der Waals surface area contributed by atoms with E-state index >= 15 is 0 Å². The van der Waals surface area contributed by atoms with E-state index in [-0.39, 0.29) is 5.91 Å². The van der Waals surface area contributed by atoms with Crippen molar-refractivity contribution in [3.05, 3.63) is 53.9 Å². The van der Waals surface area contributed by atoms with Crippen LogP contribution in [0.3, 0.4) is 0 Å². The van der Waals surface area contributed by atoms with Gasteiger partial charge in [-0.2, -0.15) is 5.26 Å². The molecule has 2 fully saturated rings. The van der Waals surface area contributed by atoms with Gasteiger partial charge in [-0.3, -0.25) is 9.69 Å². The number of aromatic nitrogens is 1. The van der Waals surface area contributed by atoms with Crippen LogP contribution in [-0.4, -0.2) is 66.1 Å². The molecule has 1 aromatic carbocycles. The van der Waals surface area contributed by atoms with Gasteiger partial charge in [0.2, 0.25) is 0 Å². The van der Waals surface area contributed by atoms with Crippen LogP contribution in [0.1, 0.15) is 28.9 Å². The van der Waals surface area contributed by atoms with Crippen molar-refractivity contribution in [2.75, 3.05) is 39.4 Å². The number of carbonyl (C=O) groups excluding carboxylic acids is 1. The molecule has 3 heterocycles. The van der Waals surface area contributed by atoms with E-state index in [1.165, 1.54) is 0 Å². The number of hydrogen-bond donors (Lipinski definition) is 0. The number of likely N-dealkylation sites (tertiary alicyclic amines) is 1. The minimum absolute atomic E-state index is 0.102. The molecular weight excluding hydrogens is 352 g/mol. The maximum Gasteiger partial charge on any atom is 0.253 e. The number of nitriles is 1. The van der Waals surface area contributed by atoms with Gasteiger partial charge in [-0.15, -0.1) is 0 Å². The normalized spacial score (nSPS) is 18.6. The fourth-order valence-corrected chi connectivity index (χ4v) is 4.00. The highest BCUT2D eigenvalue weighted by molar-refractivity contribution is 5.94. The Bertz CT molecular complexity index is 844. The van der Waals surface area contributed by atoms with Crippen LogP contribution in [0.4, 0.5) is 0 Å². The molecule has 0 N–H and O–H groups in total. The Morgan fingerprint density at radius 2 is 1.68 bits per heavy atom. The predicted molar refractivity (Wildman–Crippen MR) is 106 cm³/mol. The van der Waals surface area contributed by atoms with Crippen LogP contribution < -0.4 is 0 Å². The van der Waals surface area contributed by atoms with Crippen molar-refractivity contribution >= 4 is 5.91 Å². The third-order valence-electron chi connectivity index (χ3n) is 5.66. The first kappa shape index (κ1) is 18.6. The molecule has 28 heavy (non-hydrogen) atoms. The molecule has 2 aliphatic rings. The van der Waals surface area contributed by atoms with Crippen LogP contribution in [0.5, 0.6) is 0 Å². The van der Waals surface area contributed by atoms with Gasteiger partial charge in [0.15, 0.2) is 0 Å². The topological polar surface area (TPSA) is 69.5 Å². The van der Waals surface area contributed by atoms with Crippen molar-refractivity contribution in [1.82, 2.24) is 14.8 Å². The lowest BCUT2D eigenvalue weighted by molar-refractivity contribution is 0.00159. The van der Waals surface area contributed by atoms with E-state index in [0.29, 0.717) is 11.7 Å². The first-order chi connectivity index (χ1) is 13.7. The first-order valence-electron chi connectivity index (χ1n) is 9.82. The summed E-state index contributed by atoms with van der Waals surface area (Å²) in [6.07, 6.45) is 3.74. The van der Waals surface area contributed by atoms with Gasteiger partial charge in [-0.1, -0.05) is 12.1 Å². The molecule has 144 valence electrons. The summed E-state index contributed by atoms with van der Waals surface area (Å²) in [7, 11) is 0. The van der Waals surface area contributed by atoms with Gasteiger partial charge in [-0.05, 0) is 42.7 Å². The lowest BCUT2D eigenvalue weighted by atomic mass is 10.0. The largest absolute Gasteiger partial charge is 0.379 e. The van der Waals surface area contributed by atoms with Crippen LogP contribution in [0, 0.1) is 11.3 Å². The SMILES string of the molecule is N#Cc1ccc(-c2ccc(C(=O)N3CCC(N4CCOCC4)CC3)cc2)cn1. The predicted octanol–water partition coefficient (Wildman–Crippen LogP) is 2.56. The van der Waals surface area contributed by atoms with Gasteiger partial charge in [0.1, 0.15) is 11.8 Å². The number of rotatable bonds is 3. The van der Waals surface area contributed by atoms with Crippen molar-refractivity contribution in [1.29, 1.82) is 5.26 Å². The number of morpholine rings is 1. The molecule has 0 unspecified atom stereocenters. The Morgan fingerprint density at radius 3 is 2.29 bits per heavy atom. The third kappa shape index (κ3) is 4.06. The molecule has 0 aliphatic carbocycles. The number of pyridine rings is 1. The smallest absolute Gasteiger partial charge is 0.253 e. The van der Waals surface area contributed by atoms with E-state index in [9.17, 15) is 4.79 Å². The van der Waals surface area contributed by atoms with Crippen LogP contribution in [0.25, 0.3) is 11.1 Å². The zero-order chi connectivity index (χ0) is 19.3. The molecule has 1 aromatic heterocycles. The average Bonchev–Trinajstić information content (AvgIpc) is 2.79. The number of piperidine rings is 1. The van der Waals surface area contributed by atoms with Gasteiger partial charge in [0, 0.05) is 49.5 Å². The number of benzene rings is 1. The molecule has 2 aliphatic heterocycles. The fraction of sp³-hybridized carbons (Fsp3) is 0.409. The minimum Gasteiger partial charge on any atom is -0.379 e. The quantitative estimate of drug-likeness (QED) is 0.823. The zero-order valence-corrected chi connectivity index (χ0v) is 15.9. The lowest BCUT2D eigenvalue weighted by Crippen LogP contribution is -2.50. The molecule has 0 atom stereocenters. The van der Waals surface area contributed by atoms with E-state index in [1.54, 1.807) is 12.3 Å². The Morgan fingerprint density at radius 1 is 1.00 bits per heavy atom. The van der Waals surface area contributed by atoms with Gasteiger partial charge in [0.05, 0.1) is 13.2 Å². The molecule has 1 amide bonds. The minimum atomic E-state index is 0.102. The van der Waals surface area contributed by atoms with Gasteiger partial charge >= 0.3 is 0 Å². The van der Waals surface area contributed by atoms with E-state index < -0.39 is 0 Å². The summed E-state index contributed by atoms with van der Waals surface area (Å²) in [4.78, 5) is 21.4. The van der Waals surface area contributed by atoms with Gasteiger partial charge in [0.25, 0.3) is 5.91 Å². The van der Waals surface area contributed by atoms with Gasteiger partial charge < -0.3 is 9.64 Å². The first-order valence-corrected chi connectivity index (χ1v) is 9.82. The van der Waals surface area contributed by atoms with E-state index in [1.807, 2.05) is 41.3 Å². The second kappa shape index (κ2) is 8.51. The summed E-state index contributed by atoms with van der Waals surface area (Å²) >= 11 is 0. The molecular formula is C22H24N4O2. The van der Waals surface area contributed by atoms with E-state index in [4.69, 9.17) is 10.00 Å². The molecule has 4 rings (SSSR count). The average molecular weight is 376 g/mol. The summed E-state index contributed by atoms with van der Waals surface area (Å²) in [5.74, 6) is 0.102. The maximum absolute atomic E-state index is 12.9. The molecule has 2 aromatic rings. The summed E-state index contributed by atoms with van der Waals surface area (Å²) in [5.41, 5.74) is 3.04. The monoisotopic (exact) mass is 376 g/mol. The summed E-state index contributed by atoms with van der Waals surface area (Å²) in [5, 5.41) is 8.85. The van der Waals surface area contributed by atoms with Gasteiger partial charge in [-0.25, -0.2) is 4.98 Å². The third-order valence-corrected chi connectivity index (χ3v) is 5.66. The van der Waals surface area contributed by atoms with E-state index in [0.717, 1.165) is 68.9 Å². The number of carbonyl (C=O) groups is 1. The van der Waals surface area contributed by atoms with Crippen LogP contribution in [-0.2, 0) is 4.74 Å². The highest BCUT2D eigenvalue weighted by Crippen LogP contribution is 2.22. The number of amides is 1. The standard InChI is InChI=1S/C22H24N4O2/c23-15-20-6-5-19(16-24-20)17-1-3-18(4-2-17)22(27)26-9-7-21(8-10-26)25-11-13-28-14-12-25/h1-6,16,21H,7-14H2. The Labute approximate surface area is 165 Å². The molecule has 6 heteroatoms. The highest BCUT2D eigenvalue weighted by Gasteiger charge is 2.28. The molecule has 6 nitrogen and oxygen atoms in total. The van der Waals surface area contributed by atoms with E-state index in [2.05, 4.69) is 9.88 Å². The van der Waals surface area contributed by atoms with Crippen molar-refractivity contribution in [3.8, 4) is 17.2 Å². The highest BCUT2D eigenvalue weighted by atomic mass is 16.5. The second-order valence-electron chi connectivity index (χ2n) is 7.29. The van der Waals surface area contributed by atoms with Crippen LogP contribution in [0.15, 0.2) is 42.6 Å². The Balaban J connectivity index is 1.36. The summed E-state index contributed by atoms with van der Waals surface area (Å²) in [6.45, 7) is 5.26. The van der Waals surface area contributed by atoms with Crippen LogP contribution in [0.2, 0.25) is 0 Å². The van der Waals surface area contributed by atoms with Crippen molar-refractivity contribution in [2.24, 2.45) is 0 Å². The van der Waals surface area contributed by atoms with Crippen molar-refractivity contribution in [2.45, 2.75) is 18.9 Å². The Hall–Kier alpha value is -2.75. The maximum atomic E-state index is 12.9. The number of hydrogen-bond acceptors (Lipinski definition) is 5. The fourth-order valence-electron chi connectivity index (χ4n) is 4.00. The Kier molecular flexibility index (Phi) is 5.65. The molecule has 0 radical (unpaired) electrons. The zero-order valence-electron chi connectivity index (χ0n) is 15.9. The molecule has 0 saturated carbocycles. The summed E-state index contributed by atoms with van der Waals surface area (Å²) < 4.78 is 5.44. The summed E-state index contributed by atoms with van der Waals surface area (Å²) in [6, 6.07) is 13.8. The second-order valence-corrected chi connectivity index (χ2v) is 7.29. The van der Waals surface area contributed by atoms with Crippen molar-refractivity contribution < 1.29 is 9.53 Å². The number of nitrogens with zero attached hydrogens (tertiary/aromatic N) is 4. The lowest BCUT2D eigenvalue weighted by Gasteiger charge is -2.40. The number of ether oxygens (including phenoxy) is 1. The van der Waals surface area contributed by atoms with Crippen molar-refractivity contribution in [3.63, 3.8) is 0 Å².